The number of alkyl halides is 3. The molecule has 0 atom stereocenters. The number of halogens is 3. The van der Waals surface area contributed by atoms with Gasteiger partial charge in [0.1, 0.15) is 17.2 Å². The number of nitrogens with zero attached hydrogens (tertiary/aromatic N) is 5. The van der Waals surface area contributed by atoms with Crippen molar-refractivity contribution in [2.45, 2.75) is 13.1 Å². The van der Waals surface area contributed by atoms with Gasteiger partial charge in [-0.05, 0) is 31.2 Å². The normalized spacial score (nSPS) is 12.2. The highest BCUT2D eigenvalue weighted by atomic mass is 19.4. The van der Waals surface area contributed by atoms with Gasteiger partial charge in [0.15, 0.2) is 5.52 Å². The van der Waals surface area contributed by atoms with Gasteiger partial charge >= 0.3 is 6.18 Å². The van der Waals surface area contributed by atoms with Gasteiger partial charge in [0, 0.05) is 29.7 Å². The highest BCUT2D eigenvalue weighted by Gasteiger charge is 2.33. The van der Waals surface area contributed by atoms with Crippen LogP contribution in [-0.2, 0) is 13.2 Å². The first-order valence-corrected chi connectivity index (χ1v) is 7.66. The molecule has 0 aromatic carbocycles. The molecule has 0 fully saturated rings. The number of hydrogen-bond acceptors (Lipinski definition) is 4. The van der Waals surface area contributed by atoms with Crippen molar-refractivity contribution in [1.29, 1.82) is 0 Å². The third-order valence-electron chi connectivity index (χ3n) is 4.00. The Bertz CT molecular complexity index is 1220. The fourth-order valence-corrected chi connectivity index (χ4v) is 2.90. The predicted molar refractivity (Wildman–Crippen MR) is 89.1 cm³/mol. The number of aryl methyl sites for hydroxylation is 2. The summed E-state index contributed by atoms with van der Waals surface area (Å²) in [7, 11) is 1.64. The first-order valence-electron chi connectivity index (χ1n) is 7.66. The van der Waals surface area contributed by atoms with Gasteiger partial charge in [0.05, 0.1) is 0 Å². The Morgan fingerprint density at radius 2 is 1.81 bits per heavy atom. The molecule has 0 saturated carbocycles. The van der Waals surface area contributed by atoms with Crippen molar-refractivity contribution >= 4 is 21.9 Å². The maximum atomic E-state index is 13.2. The van der Waals surface area contributed by atoms with Gasteiger partial charge in [0.25, 0.3) is 5.56 Å². The van der Waals surface area contributed by atoms with E-state index in [0.717, 1.165) is 10.6 Å². The van der Waals surface area contributed by atoms with Crippen LogP contribution >= 0.6 is 0 Å². The molecular formula is C17H12F3N5O. The zero-order chi connectivity index (χ0) is 18.6. The summed E-state index contributed by atoms with van der Waals surface area (Å²) in [6.07, 6.45) is -3.04. The van der Waals surface area contributed by atoms with Crippen molar-refractivity contribution < 1.29 is 13.2 Å². The van der Waals surface area contributed by atoms with E-state index in [1.165, 1.54) is 10.7 Å². The summed E-state index contributed by atoms with van der Waals surface area (Å²) < 4.78 is 42.0. The Hall–Kier alpha value is -3.23. The third-order valence-corrected chi connectivity index (χ3v) is 4.00. The van der Waals surface area contributed by atoms with E-state index in [4.69, 9.17) is 0 Å². The van der Waals surface area contributed by atoms with Crippen molar-refractivity contribution in [2.75, 3.05) is 0 Å². The van der Waals surface area contributed by atoms with Gasteiger partial charge in [-0.1, -0.05) is 6.07 Å². The largest absolute Gasteiger partial charge is 0.433 e. The average molecular weight is 359 g/mol. The fraction of sp³-hybridized carbons (Fsp3) is 0.176. The summed E-state index contributed by atoms with van der Waals surface area (Å²) in [6, 6.07) is 7.15. The molecule has 0 unspecified atom stereocenters. The molecule has 9 heteroatoms. The maximum Gasteiger partial charge on any atom is 0.433 e. The lowest BCUT2D eigenvalue weighted by atomic mass is 10.2. The van der Waals surface area contributed by atoms with E-state index in [1.807, 2.05) is 0 Å². The van der Waals surface area contributed by atoms with Crippen LogP contribution in [0.5, 0.6) is 0 Å². The van der Waals surface area contributed by atoms with Crippen molar-refractivity contribution in [3.63, 3.8) is 0 Å². The summed E-state index contributed by atoms with van der Waals surface area (Å²) in [5, 5.41) is 4.98. The summed E-state index contributed by atoms with van der Waals surface area (Å²) in [6.45, 7) is 1.73. The molecule has 4 aromatic rings. The lowest BCUT2D eigenvalue weighted by Gasteiger charge is -2.12. The van der Waals surface area contributed by atoms with Crippen LogP contribution in [0.4, 0.5) is 13.2 Å². The second-order valence-corrected chi connectivity index (χ2v) is 5.91. The Kier molecular flexibility index (Phi) is 3.36. The van der Waals surface area contributed by atoms with E-state index in [0.29, 0.717) is 16.5 Å². The average Bonchev–Trinajstić information content (AvgIpc) is 2.96. The molecule has 0 radical (unpaired) electrons. The number of aromatic nitrogens is 5. The van der Waals surface area contributed by atoms with Crippen molar-refractivity contribution in [3.8, 4) is 5.82 Å². The van der Waals surface area contributed by atoms with Gasteiger partial charge in [0.2, 0.25) is 0 Å². The first kappa shape index (κ1) is 16.2. The predicted octanol–water partition coefficient (Wildman–Crippen LogP) is 2.99. The third kappa shape index (κ3) is 2.43. The molecule has 0 amide bonds. The van der Waals surface area contributed by atoms with E-state index in [1.54, 1.807) is 38.4 Å². The molecule has 0 saturated heterocycles. The summed E-state index contributed by atoms with van der Waals surface area (Å²) in [5.41, 5.74) is -0.990. The van der Waals surface area contributed by atoms with Gasteiger partial charge in [-0.2, -0.15) is 18.3 Å². The summed E-state index contributed by atoms with van der Waals surface area (Å²) >= 11 is 0. The molecule has 0 aliphatic heterocycles. The minimum Gasteiger partial charge on any atom is -0.274 e. The minimum atomic E-state index is -4.63. The number of rotatable bonds is 1. The van der Waals surface area contributed by atoms with Crippen LogP contribution in [0.3, 0.4) is 0 Å². The van der Waals surface area contributed by atoms with Gasteiger partial charge in [-0.3, -0.25) is 9.48 Å². The van der Waals surface area contributed by atoms with Gasteiger partial charge in [-0.15, -0.1) is 0 Å². The van der Waals surface area contributed by atoms with E-state index in [2.05, 4.69) is 15.1 Å². The Morgan fingerprint density at radius 3 is 2.50 bits per heavy atom. The van der Waals surface area contributed by atoms with Crippen molar-refractivity contribution in [1.82, 2.24) is 24.3 Å². The quantitative estimate of drug-likeness (QED) is 0.524. The van der Waals surface area contributed by atoms with Crippen LogP contribution in [0, 0.1) is 6.92 Å². The monoisotopic (exact) mass is 359 g/mol. The lowest BCUT2D eigenvalue weighted by Crippen LogP contribution is -2.22. The van der Waals surface area contributed by atoms with Crippen LogP contribution in [0.15, 0.2) is 41.3 Å². The SMILES string of the molecule is Cc1cccc(-n2c(=O)c3nn(C)cc3c3ccc(C(F)(F)F)nc32)n1. The molecule has 4 rings (SSSR count). The summed E-state index contributed by atoms with van der Waals surface area (Å²) in [4.78, 5) is 21.0. The topological polar surface area (TPSA) is 65.6 Å². The van der Waals surface area contributed by atoms with E-state index in [-0.39, 0.29) is 17.0 Å². The second-order valence-electron chi connectivity index (χ2n) is 5.91. The van der Waals surface area contributed by atoms with Crippen molar-refractivity contribution in [3.05, 3.63) is 58.3 Å². The molecule has 0 bridgehead atoms. The van der Waals surface area contributed by atoms with Crippen molar-refractivity contribution in [2.24, 2.45) is 7.05 Å². The smallest absolute Gasteiger partial charge is 0.274 e. The van der Waals surface area contributed by atoms with Gasteiger partial charge < -0.3 is 0 Å². The molecule has 6 nitrogen and oxygen atoms in total. The lowest BCUT2D eigenvalue weighted by molar-refractivity contribution is -0.141. The Morgan fingerprint density at radius 1 is 1.04 bits per heavy atom. The molecule has 0 aliphatic rings. The van der Waals surface area contributed by atoms with Gasteiger partial charge in [-0.25, -0.2) is 14.5 Å². The molecule has 0 N–H and O–H groups in total. The molecule has 0 spiro atoms. The fourth-order valence-electron chi connectivity index (χ4n) is 2.90. The Balaban J connectivity index is 2.22. The number of pyridine rings is 3. The number of fused-ring (bicyclic) bond motifs is 3. The van der Waals surface area contributed by atoms with E-state index in [9.17, 15) is 18.0 Å². The maximum absolute atomic E-state index is 13.2. The van der Waals surface area contributed by atoms with E-state index >= 15 is 0 Å². The van der Waals surface area contributed by atoms with Crippen LogP contribution in [0.25, 0.3) is 27.8 Å². The highest BCUT2D eigenvalue weighted by Crippen LogP contribution is 2.30. The number of hydrogen-bond donors (Lipinski definition) is 0. The molecule has 26 heavy (non-hydrogen) atoms. The van der Waals surface area contributed by atoms with Crippen LogP contribution in [0.1, 0.15) is 11.4 Å². The molecular weight excluding hydrogens is 347 g/mol. The zero-order valence-electron chi connectivity index (χ0n) is 13.7. The van der Waals surface area contributed by atoms with Crippen LogP contribution in [-0.4, -0.2) is 24.3 Å². The molecule has 4 aromatic heterocycles. The van der Waals surface area contributed by atoms with Crippen LogP contribution in [0.2, 0.25) is 0 Å². The first-order chi connectivity index (χ1) is 12.3. The molecule has 0 aliphatic carbocycles. The summed E-state index contributed by atoms with van der Waals surface area (Å²) in [5.74, 6) is 0.194. The zero-order valence-corrected chi connectivity index (χ0v) is 13.7. The highest BCUT2D eigenvalue weighted by molar-refractivity contribution is 6.03. The molecule has 4 heterocycles. The second kappa shape index (κ2) is 5.38. The van der Waals surface area contributed by atoms with E-state index < -0.39 is 17.4 Å². The Labute approximate surface area is 144 Å². The van der Waals surface area contributed by atoms with Crippen LogP contribution < -0.4 is 5.56 Å². The standard InChI is InChI=1S/C17H12F3N5O/c1-9-4-3-5-13(21-9)25-15-10(6-7-12(22-15)17(18,19)20)11-8-24(2)23-14(11)16(25)26/h3-8H,1-2H3. The molecule has 132 valence electrons. The minimum absolute atomic E-state index is 0.108.